The van der Waals surface area contributed by atoms with E-state index in [0.717, 1.165) is 80.3 Å². The maximum Gasteiger partial charge on any atom is 0.236 e. The highest BCUT2D eigenvalue weighted by Crippen LogP contribution is 2.43. The first-order chi connectivity index (χ1) is 19.4. The van der Waals surface area contributed by atoms with Crippen molar-refractivity contribution in [2.75, 3.05) is 47.1 Å². The van der Waals surface area contributed by atoms with Crippen LogP contribution in [0.3, 0.4) is 0 Å². The third-order valence-electron chi connectivity index (χ3n) is 9.06. The number of piperidine rings is 1. The first kappa shape index (κ1) is 28.5. The van der Waals surface area contributed by atoms with Crippen molar-refractivity contribution in [3.8, 4) is 22.8 Å². The molecule has 0 bridgehead atoms. The fourth-order valence-electron chi connectivity index (χ4n) is 6.17. The van der Waals surface area contributed by atoms with Gasteiger partial charge >= 0.3 is 0 Å². The second-order valence-electron chi connectivity index (χ2n) is 11.7. The normalized spacial score (nSPS) is 17.9. The van der Waals surface area contributed by atoms with E-state index in [1.807, 2.05) is 11.0 Å². The first-order valence-corrected chi connectivity index (χ1v) is 14.9. The molecule has 1 atom stereocenters. The zero-order valence-corrected chi connectivity index (χ0v) is 24.7. The van der Waals surface area contributed by atoms with E-state index in [4.69, 9.17) is 14.2 Å². The van der Waals surface area contributed by atoms with Gasteiger partial charge in [0.2, 0.25) is 5.91 Å². The standard InChI is InChI=1S/C33H45N3O4/c1-21(2)22(3)34-20-31(37)36-14-10-23(11-15-36)25-6-8-28-27(18-25)32(24-12-16-40-17-13-24)33(35-28)26-7-9-29(38-4)30(19-26)39-5/h6-9,18-19,21-24,34-35H,10-17,20H2,1-5H3. The van der Waals surface area contributed by atoms with Gasteiger partial charge in [0.25, 0.3) is 0 Å². The van der Waals surface area contributed by atoms with E-state index >= 15 is 0 Å². The monoisotopic (exact) mass is 547 g/mol. The summed E-state index contributed by atoms with van der Waals surface area (Å²) >= 11 is 0. The van der Waals surface area contributed by atoms with Gasteiger partial charge in [0, 0.05) is 48.8 Å². The number of carbonyl (C=O) groups excluding carboxylic acids is 1. The summed E-state index contributed by atoms with van der Waals surface area (Å²) in [4.78, 5) is 18.6. The van der Waals surface area contributed by atoms with Crippen LogP contribution in [0.5, 0.6) is 11.5 Å². The number of ether oxygens (including phenoxy) is 3. The highest BCUT2D eigenvalue weighted by Gasteiger charge is 2.27. The van der Waals surface area contributed by atoms with E-state index in [-0.39, 0.29) is 5.91 Å². The van der Waals surface area contributed by atoms with Crippen molar-refractivity contribution in [3.63, 3.8) is 0 Å². The molecule has 1 amide bonds. The maximum absolute atomic E-state index is 12.8. The maximum atomic E-state index is 12.8. The van der Waals surface area contributed by atoms with E-state index in [1.165, 1.54) is 16.5 Å². The van der Waals surface area contributed by atoms with Crippen molar-refractivity contribution in [2.24, 2.45) is 5.92 Å². The van der Waals surface area contributed by atoms with Crippen LogP contribution in [0.15, 0.2) is 36.4 Å². The lowest BCUT2D eigenvalue weighted by Crippen LogP contribution is -2.45. The van der Waals surface area contributed by atoms with Gasteiger partial charge in [0.05, 0.1) is 26.5 Å². The fraction of sp³-hybridized carbons (Fsp3) is 0.545. The van der Waals surface area contributed by atoms with Crippen LogP contribution in [-0.2, 0) is 9.53 Å². The number of nitrogens with zero attached hydrogens (tertiary/aromatic N) is 1. The molecule has 40 heavy (non-hydrogen) atoms. The molecular formula is C33H45N3O4. The molecule has 1 unspecified atom stereocenters. The minimum Gasteiger partial charge on any atom is -0.493 e. The Kier molecular flexibility index (Phi) is 9.01. The number of hydrogen-bond acceptors (Lipinski definition) is 5. The molecule has 2 fully saturated rings. The van der Waals surface area contributed by atoms with Crippen molar-refractivity contribution < 1.29 is 19.0 Å². The van der Waals surface area contributed by atoms with Crippen LogP contribution in [0.1, 0.15) is 69.4 Å². The third kappa shape index (κ3) is 6.01. The summed E-state index contributed by atoms with van der Waals surface area (Å²) < 4.78 is 16.8. The smallest absolute Gasteiger partial charge is 0.236 e. The van der Waals surface area contributed by atoms with Gasteiger partial charge in [-0.1, -0.05) is 19.9 Å². The number of aromatic nitrogens is 1. The van der Waals surface area contributed by atoms with E-state index in [9.17, 15) is 4.79 Å². The largest absolute Gasteiger partial charge is 0.493 e. The number of fused-ring (bicyclic) bond motifs is 1. The molecule has 2 aliphatic heterocycles. The van der Waals surface area contributed by atoms with Crippen molar-refractivity contribution in [1.82, 2.24) is 15.2 Å². The molecule has 2 aromatic carbocycles. The molecule has 216 valence electrons. The Bertz CT molecular complexity index is 1300. The van der Waals surface area contributed by atoms with Crippen LogP contribution in [0.25, 0.3) is 22.2 Å². The summed E-state index contributed by atoms with van der Waals surface area (Å²) in [5.74, 6) is 3.08. The Morgan fingerprint density at radius 1 is 0.975 bits per heavy atom. The van der Waals surface area contributed by atoms with E-state index < -0.39 is 0 Å². The average molecular weight is 548 g/mol. The van der Waals surface area contributed by atoms with E-state index in [0.29, 0.717) is 30.3 Å². The van der Waals surface area contributed by atoms with Crippen LogP contribution in [0, 0.1) is 5.92 Å². The molecule has 7 heteroatoms. The Labute approximate surface area is 238 Å². The quantitative estimate of drug-likeness (QED) is 0.339. The van der Waals surface area contributed by atoms with Gasteiger partial charge in [0.1, 0.15) is 0 Å². The van der Waals surface area contributed by atoms with Crippen LogP contribution >= 0.6 is 0 Å². The molecule has 0 radical (unpaired) electrons. The molecule has 2 saturated heterocycles. The van der Waals surface area contributed by atoms with Crippen molar-refractivity contribution in [3.05, 3.63) is 47.5 Å². The summed E-state index contributed by atoms with van der Waals surface area (Å²) in [6, 6.07) is 13.4. The van der Waals surface area contributed by atoms with Crippen LogP contribution in [0.4, 0.5) is 0 Å². The third-order valence-corrected chi connectivity index (χ3v) is 9.06. The molecule has 0 spiro atoms. The van der Waals surface area contributed by atoms with E-state index in [2.05, 4.69) is 61.4 Å². The number of amides is 1. The minimum atomic E-state index is 0.216. The lowest BCUT2D eigenvalue weighted by molar-refractivity contribution is -0.131. The highest BCUT2D eigenvalue weighted by molar-refractivity contribution is 5.92. The van der Waals surface area contributed by atoms with Gasteiger partial charge < -0.3 is 29.4 Å². The fourth-order valence-corrected chi connectivity index (χ4v) is 6.17. The van der Waals surface area contributed by atoms with Gasteiger partial charge in [0.15, 0.2) is 11.5 Å². The van der Waals surface area contributed by atoms with E-state index in [1.54, 1.807) is 14.2 Å². The topological polar surface area (TPSA) is 75.8 Å². The molecule has 0 aliphatic carbocycles. The Balaban J connectivity index is 1.40. The average Bonchev–Trinajstić information content (AvgIpc) is 3.38. The molecule has 0 saturated carbocycles. The number of likely N-dealkylation sites (tertiary alicyclic amines) is 1. The van der Waals surface area contributed by atoms with Gasteiger partial charge in [-0.05, 0) is 91.8 Å². The number of rotatable bonds is 9. The lowest BCUT2D eigenvalue weighted by atomic mass is 9.85. The molecule has 7 nitrogen and oxygen atoms in total. The zero-order chi connectivity index (χ0) is 28.2. The number of hydrogen-bond donors (Lipinski definition) is 2. The van der Waals surface area contributed by atoms with Crippen LogP contribution in [0.2, 0.25) is 0 Å². The second-order valence-corrected chi connectivity index (χ2v) is 11.7. The first-order valence-electron chi connectivity index (χ1n) is 14.9. The van der Waals surface area contributed by atoms with Crippen molar-refractivity contribution in [2.45, 2.75) is 64.3 Å². The molecule has 2 aliphatic rings. The number of benzene rings is 2. The summed E-state index contributed by atoms with van der Waals surface area (Å²) in [5.41, 5.74) is 6.17. The van der Waals surface area contributed by atoms with Gasteiger partial charge in [-0.2, -0.15) is 0 Å². The summed E-state index contributed by atoms with van der Waals surface area (Å²) in [6.07, 6.45) is 4.02. The number of nitrogens with one attached hydrogen (secondary N) is 2. The number of methoxy groups -OCH3 is 2. The number of aromatic amines is 1. The molecule has 5 rings (SSSR count). The molecule has 3 aromatic rings. The Morgan fingerprint density at radius 3 is 2.38 bits per heavy atom. The van der Waals surface area contributed by atoms with Crippen LogP contribution < -0.4 is 14.8 Å². The number of H-pyrrole nitrogens is 1. The molecule has 3 heterocycles. The second kappa shape index (κ2) is 12.6. The number of carbonyl (C=O) groups is 1. The molecular weight excluding hydrogens is 502 g/mol. The Morgan fingerprint density at radius 2 is 1.70 bits per heavy atom. The van der Waals surface area contributed by atoms with Crippen LogP contribution in [-0.4, -0.2) is 68.9 Å². The van der Waals surface area contributed by atoms with Gasteiger partial charge in [-0.15, -0.1) is 0 Å². The van der Waals surface area contributed by atoms with Gasteiger partial charge in [-0.25, -0.2) is 0 Å². The molecule has 1 aromatic heterocycles. The van der Waals surface area contributed by atoms with Crippen molar-refractivity contribution in [1.29, 1.82) is 0 Å². The SMILES string of the molecule is COc1ccc(-c2[nH]c3ccc(C4CCN(C(=O)CNC(C)C(C)C)CC4)cc3c2C2CCOCC2)cc1OC. The highest BCUT2D eigenvalue weighted by atomic mass is 16.5. The predicted molar refractivity (Wildman–Crippen MR) is 160 cm³/mol. The predicted octanol–water partition coefficient (Wildman–Crippen LogP) is 6.09. The van der Waals surface area contributed by atoms with Gasteiger partial charge in [-0.3, -0.25) is 4.79 Å². The lowest BCUT2D eigenvalue weighted by Gasteiger charge is -2.33. The summed E-state index contributed by atoms with van der Waals surface area (Å²) in [5, 5.41) is 4.70. The minimum absolute atomic E-state index is 0.216. The Hall–Kier alpha value is -3.03. The molecule has 2 N–H and O–H groups in total. The summed E-state index contributed by atoms with van der Waals surface area (Å²) in [6.45, 7) is 10.1. The zero-order valence-electron chi connectivity index (χ0n) is 24.7. The van der Waals surface area contributed by atoms with Crippen molar-refractivity contribution >= 4 is 16.8 Å². The summed E-state index contributed by atoms with van der Waals surface area (Å²) in [7, 11) is 3.35.